The Kier molecular flexibility index (Phi) is 2.57. The molecule has 0 aliphatic rings. The highest BCUT2D eigenvalue weighted by molar-refractivity contribution is 5.75. The average Bonchev–Trinajstić information content (AvgIpc) is 2.36. The van der Waals surface area contributed by atoms with Crippen molar-refractivity contribution in [1.82, 2.24) is 10.1 Å². The molecule has 0 unspecified atom stereocenters. The lowest BCUT2D eigenvalue weighted by Gasteiger charge is -1.83. The van der Waals surface area contributed by atoms with Crippen molar-refractivity contribution in [3.05, 3.63) is 24.4 Å². The second-order valence-electron chi connectivity index (χ2n) is 2.24. The van der Waals surface area contributed by atoms with Gasteiger partial charge in [-0.1, -0.05) is 11.2 Å². The zero-order valence-corrected chi connectivity index (χ0v) is 6.49. The van der Waals surface area contributed by atoms with Gasteiger partial charge in [-0.05, 0) is 0 Å². The van der Waals surface area contributed by atoms with Crippen molar-refractivity contribution in [2.75, 3.05) is 0 Å². The molecule has 0 atom stereocenters. The number of carbonyl (C=O) groups is 1. The van der Waals surface area contributed by atoms with Gasteiger partial charge in [-0.3, -0.25) is 4.79 Å². The highest BCUT2D eigenvalue weighted by Crippen LogP contribution is 1.98. The van der Waals surface area contributed by atoms with Crippen molar-refractivity contribution < 1.29 is 9.32 Å². The predicted molar refractivity (Wildman–Crippen MR) is 41.1 cm³/mol. The van der Waals surface area contributed by atoms with E-state index in [2.05, 4.69) is 16.7 Å². The molecule has 12 heavy (non-hydrogen) atoms. The molecule has 0 bridgehead atoms. The summed E-state index contributed by atoms with van der Waals surface area (Å²) in [6.45, 7) is 3.51. The average molecular weight is 167 g/mol. The molecule has 1 rings (SSSR count). The Morgan fingerprint density at radius 1 is 1.75 bits per heavy atom. The fraction of sp³-hybridized carbons (Fsp3) is 0.286. The first-order valence-electron chi connectivity index (χ1n) is 3.43. The summed E-state index contributed by atoms with van der Waals surface area (Å²) >= 11 is 0. The Balaban J connectivity index is 2.63. The van der Waals surface area contributed by atoms with E-state index in [1.165, 1.54) is 0 Å². The van der Waals surface area contributed by atoms with Gasteiger partial charge < -0.3 is 10.3 Å². The Hall–Kier alpha value is -1.65. The quantitative estimate of drug-likeness (QED) is 0.631. The van der Waals surface area contributed by atoms with E-state index in [0.717, 1.165) is 0 Å². The van der Waals surface area contributed by atoms with Gasteiger partial charge in [0.15, 0.2) is 5.82 Å². The van der Waals surface area contributed by atoms with Crippen LogP contribution in [0.5, 0.6) is 0 Å². The van der Waals surface area contributed by atoms with E-state index in [9.17, 15) is 4.79 Å². The number of nitrogens with zero attached hydrogens (tertiary/aromatic N) is 2. The van der Waals surface area contributed by atoms with E-state index in [1.807, 2.05) is 0 Å². The van der Waals surface area contributed by atoms with Crippen LogP contribution in [0.15, 0.2) is 17.2 Å². The van der Waals surface area contributed by atoms with Crippen LogP contribution >= 0.6 is 0 Å². The van der Waals surface area contributed by atoms with Crippen LogP contribution in [0.4, 0.5) is 0 Å². The molecule has 0 saturated carbocycles. The number of aromatic nitrogens is 2. The van der Waals surface area contributed by atoms with E-state index in [-0.39, 0.29) is 6.42 Å². The maximum atomic E-state index is 10.4. The predicted octanol–water partition coefficient (Wildman–Crippen LogP) is -0.174. The highest BCUT2D eigenvalue weighted by Gasteiger charge is 2.06. The van der Waals surface area contributed by atoms with Crippen molar-refractivity contribution in [1.29, 1.82) is 0 Å². The van der Waals surface area contributed by atoms with Crippen molar-refractivity contribution in [3.8, 4) is 0 Å². The SMILES string of the molecule is C=CCc1nc(CC(N)=O)no1. The van der Waals surface area contributed by atoms with Gasteiger partial charge in [0.1, 0.15) is 0 Å². The van der Waals surface area contributed by atoms with Crippen molar-refractivity contribution >= 4 is 5.91 Å². The molecule has 64 valence electrons. The number of hydrogen-bond donors (Lipinski definition) is 1. The first kappa shape index (κ1) is 8.45. The summed E-state index contributed by atoms with van der Waals surface area (Å²) < 4.78 is 4.77. The minimum atomic E-state index is -0.471. The normalized spacial score (nSPS) is 9.67. The van der Waals surface area contributed by atoms with Crippen LogP contribution in [0.25, 0.3) is 0 Å². The standard InChI is InChI=1S/C7H9N3O2/c1-2-3-7-9-6(10-12-7)4-5(8)11/h2H,1,3-4H2,(H2,8,11). The fourth-order valence-corrected chi connectivity index (χ4v) is 0.724. The van der Waals surface area contributed by atoms with Gasteiger partial charge in [-0.15, -0.1) is 6.58 Å². The van der Waals surface area contributed by atoms with Crippen LogP contribution in [0.2, 0.25) is 0 Å². The third-order valence-corrected chi connectivity index (χ3v) is 1.16. The molecule has 5 heteroatoms. The molecule has 2 N–H and O–H groups in total. The molecular weight excluding hydrogens is 158 g/mol. The van der Waals surface area contributed by atoms with Crippen LogP contribution in [0.1, 0.15) is 11.7 Å². The number of primary amides is 1. The van der Waals surface area contributed by atoms with Crippen LogP contribution in [0.3, 0.4) is 0 Å². The van der Waals surface area contributed by atoms with E-state index < -0.39 is 5.91 Å². The number of nitrogens with two attached hydrogens (primary N) is 1. The number of hydrogen-bond acceptors (Lipinski definition) is 4. The molecule has 0 radical (unpaired) electrons. The molecule has 0 saturated heterocycles. The summed E-state index contributed by atoms with van der Waals surface area (Å²) in [5.41, 5.74) is 4.93. The van der Waals surface area contributed by atoms with Crippen LogP contribution in [0, 0.1) is 0 Å². The lowest BCUT2D eigenvalue weighted by Crippen LogP contribution is -2.14. The van der Waals surface area contributed by atoms with Crippen molar-refractivity contribution in [2.24, 2.45) is 5.73 Å². The largest absolute Gasteiger partial charge is 0.369 e. The smallest absolute Gasteiger partial charge is 0.230 e. The summed E-state index contributed by atoms with van der Waals surface area (Å²) in [4.78, 5) is 14.3. The summed E-state index contributed by atoms with van der Waals surface area (Å²) in [6, 6.07) is 0. The Labute approximate surface area is 69.3 Å². The minimum Gasteiger partial charge on any atom is -0.369 e. The van der Waals surface area contributed by atoms with E-state index >= 15 is 0 Å². The molecule has 1 aromatic heterocycles. The fourth-order valence-electron chi connectivity index (χ4n) is 0.724. The monoisotopic (exact) mass is 167 g/mol. The molecule has 5 nitrogen and oxygen atoms in total. The zero-order chi connectivity index (χ0) is 8.97. The molecule has 1 heterocycles. The van der Waals surface area contributed by atoms with Gasteiger partial charge >= 0.3 is 0 Å². The maximum absolute atomic E-state index is 10.4. The Morgan fingerprint density at radius 3 is 3.08 bits per heavy atom. The van der Waals surface area contributed by atoms with E-state index in [1.54, 1.807) is 6.08 Å². The minimum absolute atomic E-state index is 0.0145. The molecular formula is C7H9N3O2. The van der Waals surface area contributed by atoms with E-state index in [4.69, 9.17) is 10.3 Å². The van der Waals surface area contributed by atoms with Gasteiger partial charge in [0.2, 0.25) is 11.8 Å². The van der Waals surface area contributed by atoms with Crippen LogP contribution in [-0.4, -0.2) is 16.0 Å². The van der Waals surface area contributed by atoms with Gasteiger partial charge in [-0.2, -0.15) is 4.98 Å². The van der Waals surface area contributed by atoms with Gasteiger partial charge in [0, 0.05) is 6.42 Å². The lowest BCUT2D eigenvalue weighted by atomic mass is 10.4. The zero-order valence-electron chi connectivity index (χ0n) is 6.49. The number of rotatable bonds is 4. The number of allylic oxidation sites excluding steroid dienone is 1. The molecule has 0 spiro atoms. The Bertz CT molecular complexity index is 293. The summed E-state index contributed by atoms with van der Waals surface area (Å²) in [5.74, 6) is 0.293. The Morgan fingerprint density at radius 2 is 2.50 bits per heavy atom. The first-order valence-corrected chi connectivity index (χ1v) is 3.43. The van der Waals surface area contributed by atoms with Gasteiger partial charge in [-0.25, -0.2) is 0 Å². The van der Waals surface area contributed by atoms with Gasteiger partial charge in [0.25, 0.3) is 0 Å². The molecule has 1 aromatic rings. The van der Waals surface area contributed by atoms with Crippen LogP contribution in [-0.2, 0) is 17.6 Å². The van der Waals surface area contributed by atoms with Crippen molar-refractivity contribution in [3.63, 3.8) is 0 Å². The maximum Gasteiger partial charge on any atom is 0.230 e. The number of carbonyl (C=O) groups excluding carboxylic acids is 1. The molecule has 0 aliphatic heterocycles. The second-order valence-corrected chi connectivity index (χ2v) is 2.24. The summed E-state index contributed by atoms with van der Waals surface area (Å²) in [6.07, 6.45) is 2.16. The first-order chi connectivity index (χ1) is 5.72. The highest BCUT2D eigenvalue weighted by atomic mass is 16.5. The van der Waals surface area contributed by atoms with Crippen molar-refractivity contribution in [2.45, 2.75) is 12.8 Å². The molecule has 0 aliphatic carbocycles. The van der Waals surface area contributed by atoms with E-state index in [0.29, 0.717) is 18.1 Å². The molecule has 1 amide bonds. The summed E-state index contributed by atoms with van der Waals surface area (Å²) in [5, 5.41) is 3.54. The third kappa shape index (κ3) is 2.19. The lowest BCUT2D eigenvalue weighted by molar-refractivity contribution is -0.117. The van der Waals surface area contributed by atoms with Crippen LogP contribution < -0.4 is 5.73 Å². The second kappa shape index (κ2) is 3.66. The topological polar surface area (TPSA) is 82.0 Å². The summed E-state index contributed by atoms with van der Waals surface area (Å²) in [7, 11) is 0. The molecule has 0 aromatic carbocycles. The van der Waals surface area contributed by atoms with Gasteiger partial charge in [0.05, 0.1) is 6.42 Å². The number of amides is 1. The third-order valence-electron chi connectivity index (χ3n) is 1.16. The molecule has 0 fully saturated rings.